The van der Waals surface area contributed by atoms with Gasteiger partial charge in [-0.2, -0.15) is 4.98 Å². The van der Waals surface area contributed by atoms with Gasteiger partial charge < -0.3 is 19.3 Å². The topological polar surface area (TPSA) is 113 Å². The lowest BCUT2D eigenvalue weighted by atomic mass is 10.2. The van der Waals surface area contributed by atoms with Crippen LogP contribution in [0.2, 0.25) is 5.02 Å². The fourth-order valence-electron chi connectivity index (χ4n) is 2.36. The first-order valence-corrected chi connectivity index (χ1v) is 8.12. The lowest BCUT2D eigenvalue weighted by Gasteiger charge is -2.07. The number of rotatable bonds is 7. The molecule has 0 atom stereocenters. The number of anilines is 1. The van der Waals surface area contributed by atoms with Crippen LogP contribution in [0.3, 0.4) is 0 Å². The van der Waals surface area contributed by atoms with Gasteiger partial charge in [-0.05, 0) is 24.3 Å². The van der Waals surface area contributed by atoms with Gasteiger partial charge in [-0.25, -0.2) is 0 Å². The van der Waals surface area contributed by atoms with Crippen molar-refractivity contribution in [2.45, 2.75) is 6.54 Å². The van der Waals surface area contributed by atoms with E-state index in [-0.39, 0.29) is 17.3 Å². The molecule has 27 heavy (non-hydrogen) atoms. The molecule has 0 saturated carbocycles. The van der Waals surface area contributed by atoms with Crippen molar-refractivity contribution in [3.8, 4) is 22.9 Å². The van der Waals surface area contributed by atoms with E-state index in [0.717, 1.165) is 0 Å². The van der Waals surface area contributed by atoms with Gasteiger partial charge in [-0.15, -0.1) is 0 Å². The summed E-state index contributed by atoms with van der Waals surface area (Å²) in [7, 11) is 3.10. The number of nitrogens with zero attached hydrogens (tertiary/aromatic N) is 3. The molecule has 140 valence electrons. The van der Waals surface area contributed by atoms with Crippen molar-refractivity contribution in [3.63, 3.8) is 0 Å². The molecule has 0 aliphatic rings. The molecule has 1 N–H and O–H groups in total. The van der Waals surface area contributed by atoms with E-state index < -0.39 is 4.92 Å². The van der Waals surface area contributed by atoms with E-state index in [9.17, 15) is 10.1 Å². The number of nitro groups is 1. The molecule has 0 aliphatic heterocycles. The first-order valence-electron chi connectivity index (χ1n) is 7.74. The second-order valence-corrected chi connectivity index (χ2v) is 5.76. The lowest BCUT2D eigenvalue weighted by Crippen LogP contribution is -2.00. The highest BCUT2D eigenvalue weighted by atomic mass is 35.5. The smallest absolute Gasteiger partial charge is 0.289 e. The van der Waals surface area contributed by atoms with Gasteiger partial charge >= 0.3 is 0 Å². The van der Waals surface area contributed by atoms with E-state index >= 15 is 0 Å². The SMILES string of the molecule is COc1ccc(-c2noc(CNc3ccc(Cl)c([N+](=O)[O-])c3)n2)c(OC)c1. The molecule has 9 nitrogen and oxygen atoms in total. The first kappa shape index (κ1) is 18.5. The maximum Gasteiger partial charge on any atom is 0.289 e. The fraction of sp³-hybridized carbons (Fsp3) is 0.176. The van der Waals surface area contributed by atoms with Crippen molar-refractivity contribution in [3.05, 3.63) is 57.4 Å². The van der Waals surface area contributed by atoms with E-state index in [1.807, 2.05) is 0 Å². The Bertz CT molecular complexity index is 976. The molecule has 0 unspecified atom stereocenters. The molecule has 0 bridgehead atoms. The summed E-state index contributed by atoms with van der Waals surface area (Å²) in [5.41, 5.74) is 0.971. The summed E-state index contributed by atoms with van der Waals surface area (Å²) in [6, 6.07) is 9.66. The Labute approximate surface area is 159 Å². The molecule has 0 amide bonds. The molecule has 1 aromatic heterocycles. The van der Waals surface area contributed by atoms with E-state index in [4.69, 9.17) is 25.6 Å². The number of aromatic nitrogens is 2. The molecule has 2 aromatic carbocycles. The van der Waals surface area contributed by atoms with Crippen LogP contribution in [-0.4, -0.2) is 29.3 Å². The zero-order valence-corrected chi connectivity index (χ0v) is 15.2. The summed E-state index contributed by atoms with van der Waals surface area (Å²) in [5.74, 6) is 1.85. The second-order valence-electron chi connectivity index (χ2n) is 5.35. The van der Waals surface area contributed by atoms with Crippen molar-refractivity contribution < 1.29 is 18.9 Å². The third-order valence-electron chi connectivity index (χ3n) is 3.70. The number of hydrogen-bond donors (Lipinski definition) is 1. The molecule has 3 rings (SSSR count). The third-order valence-corrected chi connectivity index (χ3v) is 4.02. The minimum Gasteiger partial charge on any atom is -0.497 e. The maximum absolute atomic E-state index is 10.9. The average Bonchev–Trinajstić information content (AvgIpc) is 3.15. The van der Waals surface area contributed by atoms with E-state index in [2.05, 4.69) is 15.5 Å². The van der Waals surface area contributed by atoms with Crippen LogP contribution in [0.1, 0.15) is 5.89 Å². The normalized spacial score (nSPS) is 10.5. The van der Waals surface area contributed by atoms with Gasteiger partial charge in [0.15, 0.2) is 0 Å². The molecule has 0 aliphatic carbocycles. The number of hydrogen-bond acceptors (Lipinski definition) is 8. The summed E-state index contributed by atoms with van der Waals surface area (Å²) >= 11 is 5.80. The minimum atomic E-state index is -0.547. The van der Waals surface area contributed by atoms with E-state index in [1.54, 1.807) is 31.4 Å². The summed E-state index contributed by atoms with van der Waals surface area (Å²) in [6.07, 6.45) is 0. The Morgan fingerprint density at radius 3 is 2.74 bits per heavy atom. The maximum atomic E-state index is 10.9. The van der Waals surface area contributed by atoms with Crippen LogP contribution in [-0.2, 0) is 6.54 Å². The van der Waals surface area contributed by atoms with Gasteiger partial charge in [0.25, 0.3) is 5.69 Å². The minimum absolute atomic E-state index is 0.0669. The van der Waals surface area contributed by atoms with Crippen molar-refractivity contribution >= 4 is 23.0 Å². The standard InChI is InChI=1S/C17H15ClN4O5/c1-25-11-4-5-12(15(8-11)26-2)17-20-16(27-21-17)9-19-10-3-6-13(18)14(7-10)22(23)24/h3-8,19H,9H2,1-2H3. The van der Waals surface area contributed by atoms with Crippen molar-refractivity contribution in [2.75, 3.05) is 19.5 Å². The lowest BCUT2D eigenvalue weighted by molar-refractivity contribution is -0.384. The fourth-order valence-corrected chi connectivity index (χ4v) is 2.55. The van der Waals surface area contributed by atoms with Crippen LogP contribution in [0, 0.1) is 10.1 Å². The number of nitro benzene ring substituents is 1. The first-order chi connectivity index (χ1) is 13.0. The van der Waals surface area contributed by atoms with Crippen molar-refractivity contribution in [1.29, 1.82) is 0 Å². The molecule has 1 heterocycles. The summed E-state index contributed by atoms with van der Waals surface area (Å²) in [4.78, 5) is 14.7. The second kappa shape index (κ2) is 7.92. The van der Waals surface area contributed by atoms with Gasteiger partial charge in [-0.1, -0.05) is 16.8 Å². The van der Waals surface area contributed by atoms with Gasteiger partial charge in [0.2, 0.25) is 11.7 Å². The summed E-state index contributed by atoms with van der Waals surface area (Å²) < 4.78 is 15.7. The largest absolute Gasteiger partial charge is 0.497 e. The van der Waals surface area contributed by atoms with Gasteiger partial charge in [-0.3, -0.25) is 10.1 Å². The predicted molar refractivity (Wildman–Crippen MR) is 98.3 cm³/mol. The highest BCUT2D eigenvalue weighted by Gasteiger charge is 2.16. The molecular formula is C17H15ClN4O5. The molecular weight excluding hydrogens is 376 g/mol. The van der Waals surface area contributed by atoms with Crippen LogP contribution < -0.4 is 14.8 Å². The summed E-state index contributed by atoms with van der Waals surface area (Å²) in [6.45, 7) is 0.185. The van der Waals surface area contributed by atoms with E-state index in [0.29, 0.717) is 34.5 Å². The van der Waals surface area contributed by atoms with E-state index in [1.165, 1.54) is 19.2 Å². The molecule has 0 spiro atoms. The molecule has 3 aromatic rings. The molecule has 0 fully saturated rings. The Kier molecular flexibility index (Phi) is 5.41. The molecule has 0 radical (unpaired) electrons. The predicted octanol–water partition coefficient (Wildman–Crippen LogP) is 3.93. The van der Waals surface area contributed by atoms with Gasteiger partial charge in [0, 0.05) is 17.8 Å². The Morgan fingerprint density at radius 1 is 1.22 bits per heavy atom. The number of methoxy groups -OCH3 is 2. The average molecular weight is 391 g/mol. The molecule has 0 saturated heterocycles. The van der Waals surface area contributed by atoms with Crippen molar-refractivity contribution in [2.24, 2.45) is 0 Å². The van der Waals surface area contributed by atoms with Crippen LogP contribution in [0.15, 0.2) is 40.9 Å². The zero-order valence-electron chi connectivity index (χ0n) is 14.4. The van der Waals surface area contributed by atoms with Crippen LogP contribution in [0.4, 0.5) is 11.4 Å². The quantitative estimate of drug-likeness (QED) is 0.477. The summed E-state index contributed by atoms with van der Waals surface area (Å²) in [5, 5.41) is 17.9. The highest BCUT2D eigenvalue weighted by Crippen LogP contribution is 2.32. The number of benzene rings is 2. The monoisotopic (exact) mass is 390 g/mol. The zero-order chi connectivity index (χ0) is 19.4. The van der Waals surface area contributed by atoms with Crippen LogP contribution in [0.5, 0.6) is 11.5 Å². The Morgan fingerprint density at radius 2 is 2.04 bits per heavy atom. The highest BCUT2D eigenvalue weighted by molar-refractivity contribution is 6.32. The van der Waals surface area contributed by atoms with Crippen LogP contribution >= 0.6 is 11.6 Å². The van der Waals surface area contributed by atoms with Gasteiger partial charge in [0.05, 0.1) is 31.3 Å². The number of ether oxygens (including phenoxy) is 2. The number of halogens is 1. The Balaban J connectivity index is 1.76. The van der Waals surface area contributed by atoms with Crippen LogP contribution in [0.25, 0.3) is 11.4 Å². The van der Waals surface area contributed by atoms with Crippen molar-refractivity contribution in [1.82, 2.24) is 10.1 Å². The number of nitrogens with one attached hydrogen (secondary N) is 1. The van der Waals surface area contributed by atoms with Gasteiger partial charge in [0.1, 0.15) is 16.5 Å². The molecule has 10 heteroatoms. The third kappa shape index (κ3) is 4.09. The Hall–Kier alpha value is -3.33.